The standard InChI is InChI=1S/C22H25N3O4/c1-15(16-9-10-19-20(12-16)29-14-28-19)23-21(26)17-6-5-11-25(13-17)22(27)24-18-7-3-2-4-8-18/h2-4,7-10,12,15,17H,5-6,11,13-14H2,1H3,(H,23,26)(H,24,27)/t15-,17-/m0/s1. The summed E-state index contributed by atoms with van der Waals surface area (Å²) >= 11 is 0. The number of carbonyl (C=O) groups excluding carboxylic acids is 2. The Hall–Kier alpha value is -3.22. The molecule has 1 fully saturated rings. The van der Waals surface area contributed by atoms with Crippen molar-refractivity contribution in [3.8, 4) is 11.5 Å². The van der Waals surface area contributed by atoms with E-state index >= 15 is 0 Å². The lowest BCUT2D eigenvalue weighted by molar-refractivity contribution is -0.126. The molecule has 2 aromatic rings. The Kier molecular flexibility index (Phi) is 5.55. The molecule has 2 aliphatic heterocycles. The van der Waals surface area contributed by atoms with Crippen LogP contribution in [0.15, 0.2) is 48.5 Å². The van der Waals surface area contributed by atoms with Gasteiger partial charge in [0.2, 0.25) is 12.7 Å². The van der Waals surface area contributed by atoms with Crippen LogP contribution in [0, 0.1) is 5.92 Å². The fourth-order valence-corrected chi connectivity index (χ4v) is 3.70. The van der Waals surface area contributed by atoms with E-state index in [-0.39, 0.29) is 30.7 Å². The molecule has 3 amide bonds. The summed E-state index contributed by atoms with van der Waals surface area (Å²) in [5.41, 5.74) is 1.71. The molecule has 2 aromatic carbocycles. The molecule has 4 rings (SSSR count). The smallest absolute Gasteiger partial charge is 0.321 e. The van der Waals surface area contributed by atoms with Crippen LogP contribution in [0.2, 0.25) is 0 Å². The Bertz CT molecular complexity index is 887. The minimum absolute atomic E-state index is 0.0348. The van der Waals surface area contributed by atoms with Crippen molar-refractivity contribution in [2.45, 2.75) is 25.8 Å². The quantitative estimate of drug-likeness (QED) is 0.830. The van der Waals surface area contributed by atoms with Crippen LogP contribution in [0.1, 0.15) is 31.4 Å². The van der Waals surface area contributed by atoms with Crippen molar-refractivity contribution in [2.24, 2.45) is 5.92 Å². The van der Waals surface area contributed by atoms with Gasteiger partial charge in [0, 0.05) is 18.8 Å². The molecule has 0 aromatic heterocycles. The van der Waals surface area contributed by atoms with Crippen LogP contribution in [0.3, 0.4) is 0 Å². The summed E-state index contributed by atoms with van der Waals surface area (Å²) < 4.78 is 10.7. The molecule has 2 atom stereocenters. The Morgan fingerprint density at radius 1 is 1.10 bits per heavy atom. The lowest BCUT2D eigenvalue weighted by atomic mass is 9.96. The van der Waals surface area contributed by atoms with Crippen LogP contribution in [-0.2, 0) is 4.79 Å². The minimum atomic E-state index is -0.221. The average Bonchev–Trinajstić information content (AvgIpc) is 3.22. The van der Waals surface area contributed by atoms with Crippen LogP contribution in [0.4, 0.5) is 10.5 Å². The molecule has 29 heavy (non-hydrogen) atoms. The highest BCUT2D eigenvalue weighted by Gasteiger charge is 2.29. The second kappa shape index (κ2) is 8.43. The molecule has 0 saturated carbocycles. The topological polar surface area (TPSA) is 79.9 Å². The van der Waals surface area contributed by atoms with Gasteiger partial charge in [0.05, 0.1) is 12.0 Å². The summed E-state index contributed by atoms with van der Waals surface area (Å²) in [4.78, 5) is 27.1. The molecule has 2 aliphatic rings. The number of ether oxygens (including phenoxy) is 2. The third-order valence-corrected chi connectivity index (χ3v) is 5.36. The molecule has 0 unspecified atom stereocenters. The van der Waals surface area contributed by atoms with E-state index < -0.39 is 0 Å². The number of likely N-dealkylation sites (tertiary alicyclic amines) is 1. The third kappa shape index (κ3) is 4.45. The van der Waals surface area contributed by atoms with Gasteiger partial charge in [-0.25, -0.2) is 4.79 Å². The molecule has 0 radical (unpaired) electrons. The van der Waals surface area contributed by atoms with Crippen LogP contribution >= 0.6 is 0 Å². The van der Waals surface area contributed by atoms with E-state index in [1.165, 1.54) is 0 Å². The van der Waals surface area contributed by atoms with E-state index in [0.717, 1.165) is 29.8 Å². The van der Waals surface area contributed by atoms with E-state index in [4.69, 9.17) is 9.47 Å². The Labute approximate surface area is 170 Å². The largest absolute Gasteiger partial charge is 0.454 e. The molecule has 1 saturated heterocycles. The molecular formula is C22H25N3O4. The summed E-state index contributed by atoms with van der Waals surface area (Å²) in [6.07, 6.45) is 1.58. The van der Waals surface area contributed by atoms with E-state index in [1.54, 1.807) is 4.90 Å². The summed E-state index contributed by atoms with van der Waals surface area (Å²) in [6.45, 7) is 3.24. The SMILES string of the molecule is C[C@H](NC(=O)[C@H]1CCCN(C(=O)Nc2ccccc2)C1)c1ccc2c(c1)OCO2. The van der Waals surface area contributed by atoms with E-state index in [2.05, 4.69) is 10.6 Å². The fraction of sp³-hybridized carbons (Fsp3) is 0.364. The number of nitrogens with one attached hydrogen (secondary N) is 2. The molecule has 2 N–H and O–H groups in total. The number of urea groups is 1. The highest BCUT2D eigenvalue weighted by molar-refractivity contribution is 5.90. The predicted molar refractivity (Wildman–Crippen MR) is 109 cm³/mol. The van der Waals surface area contributed by atoms with Crippen LogP contribution in [-0.4, -0.2) is 36.7 Å². The lowest BCUT2D eigenvalue weighted by Crippen LogP contribution is -2.47. The molecule has 0 bridgehead atoms. The number of fused-ring (bicyclic) bond motifs is 1. The minimum Gasteiger partial charge on any atom is -0.454 e. The van der Waals surface area contributed by atoms with Crippen molar-refractivity contribution >= 4 is 17.6 Å². The number of amides is 3. The maximum atomic E-state index is 12.8. The normalized spacial score (nSPS) is 18.8. The number of hydrogen-bond donors (Lipinski definition) is 2. The maximum Gasteiger partial charge on any atom is 0.321 e. The predicted octanol–water partition coefficient (Wildman–Crippen LogP) is 3.54. The number of benzene rings is 2. The average molecular weight is 395 g/mol. The van der Waals surface area contributed by atoms with Gasteiger partial charge in [-0.1, -0.05) is 24.3 Å². The molecule has 7 nitrogen and oxygen atoms in total. The maximum absolute atomic E-state index is 12.8. The fourth-order valence-electron chi connectivity index (χ4n) is 3.70. The van der Waals surface area contributed by atoms with E-state index in [1.807, 2.05) is 55.5 Å². The van der Waals surface area contributed by atoms with Crippen molar-refractivity contribution < 1.29 is 19.1 Å². The van der Waals surface area contributed by atoms with Crippen molar-refractivity contribution in [1.82, 2.24) is 10.2 Å². The number of para-hydroxylation sites is 1. The number of piperidine rings is 1. The van der Waals surface area contributed by atoms with Crippen molar-refractivity contribution in [3.05, 3.63) is 54.1 Å². The van der Waals surface area contributed by atoms with Crippen LogP contribution < -0.4 is 20.1 Å². The number of anilines is 1. The highest BCUT2D eigenvalue weighted by atomic mass is 16.7. The van der Waals surface area contributed by atoms with Crippen molar-refractivity contribution in [3.63, 3.8) is 0 Å². The van der Waals surface area contributed by atoms with Crippen LogP contribution in [0.25, 0.3) is 0 Å². The lowest BCUT2D eigenvalue weighted by Gasteiger charge is -2.32. The zero-order chi connectivity index (χ0) is 20.2. The Balaban J connectivity index is 1.34. The van der Waals surface area contributed by atoms with Gasteiger partial charge in [0.25, 0.3) is 0 Å². The second-order valence-corrected chi connectivity index (χ2v) is 7.42. The Morgan fingerprint density at radius 3 is 2.72 bits per heavy atom. The van der Waals surface area contributed by atoms with Gasteiger partial charge < -0.3 is 25.0 Å². The monoisotopic (exact) mass is 395 g/mol. The van der Waals surface area contributed by atoms with Crippen molar-refractivity contribution in [1.29, 1.82) is 0 Å². The number of hydrogen-bond acceptors (Lipinski definition) is 4. The Morgan fingerprint density at radius 2 is 1.90 bits per heavy atom. The van der Waals surface area contributed by atoms with Gasteiger partial charge >= 0.3 is 6.03 Å². The van der Waals surface area contributed by atoms with Gasteiger partial charge in [-0.05, 0) is 49.6 Å². The zero-order valence-electron chi connectivity index (χ0n) is 16.4. The highest BCUT2D eigenvalue weighted by Crippen LogP contribution is 2.34. The first-order valence-electron chi connectivity index (χ1n) is 9.91. The number of rotatable bonds is 4. The van der Waals surface area contributed by atoms with Gasteiger partial charge in [-0.2, -0.15) is 0 Å². The number of nitrogens with zero attached hydrogens (tertiary/aromatic N) is 1. The first kappa shape index (κ1) is 19.1. The molecule has 2 heterocycles. The van der Waals surface area contributed by atoms with Crippen LogP contribution in [0.5, 0.6) is 11.5 Å². The summed E-state index contributed by atoms with van der Waals surface area (Å²) in [5, 5.41) is 5.96. The molecule has 152 valence electrons. The zero-order valence-corrected chi connectivity index (χ0v) is 16.4. The van der Waals surface area contributed by atoms with Gasteiger partial charge in [-0.15, -0.1) is 0 Å². The second-order valence-electron chi connectivity index (χ2n) is 7.42. The molecule has 0 spiro atoms. The third-order valence-electron chi connectivity index (χ3n) is 5.36. The van der Waals surface area contributed by atoms with Gasteiger partial charge in [0.1, 0.15) is 0 Å². The first-order chi connectivity index (χ1) is 14.1. The summed E-state index contributed by atoms with van der Waals surface area (Å²) in [7, 11) is 0. The van der Waals surface area contributed by atoms with Gasteiger partial charge in [0.15, 0.2) is 11.5 Å². The first-order valence-corrected chi connectivity index (χ1v) is 9.91. The van der Waals surface area contributed by atoms with Crippen molar-refractivity contribution in [2.75, 3.05) is 25.2 Å². The van der Waals surface area contributed by atoms with Gasteiger partial charge in [-0.3, -0.25) is 4.79 Å². The molecular weight excluding hydrogens is 370 g/mol. The molecule has 0 aliphatic carbocycles. The summed E-state index contributed by atoms with van der Waals surface area (Å²) in [5.74, 6) is 1.17. The summed E-state index contributed by atoms with van der Waals surface area (Å²) in [6, 6.07) is 14.7. The van der Waals surface area contributed by atoms with E-state index in [0.29, 0.717) is 18.8 Å². The van der Waals surface area contributed by atoms with E-state index in [9.17, 15) is 9.59 Å². The molecule has 7 heteroatoms. The number of carbonyl (C=O) groups is 2.